The first-order chi connectivity index (χ1) is 9.19. The van der Waals surface area contributed by atoms with Gasteiger partial charge < -0.3 is 4.90 Å². The Morgan fingerprint density at radius 3 is 2.32 bits per heavy atom. The van der Waals surface area contributed by atoms with Gasteiger partial charge in [0.15, 0.2) is 0 Å². The van der Waals surface area contributed by atoms with Crippen molar-refractivity contribution in [3.05, 3.63) is 35.4 Å². The van der Waals surface area contributed by atoms with E-state index in [0.29, 0.717) is 0 Å². The summed E-state index contributed by atoms with van der Waals surface area (Å²) in [5.41, 5.74) is 2.66. The predicted octanol–water partition coefficient (Wildman–Crippen LogP) is 3.17. The number of likely N-dealkylation sites (N-methyl/N-ethyl adjacent to an activating group) is 1. The second-order valence-electron chi connectivity index (χ2n) is 5.56. The average Bonchev–Trinajstić information content (AvgIpc) is 2.42. The van der Waals surface area contributed by atoms with E-state index in [1.165, 1.54) is 17.5 Å². The minimum absolute atomic E-state index is 0.110. The van der Waals surface area contributed by atoms with Gasteiger partial charge in [0.05, 0.1) is 5.38 Å². The molecule has 1 aromatic carbocycles. The molecule has 106 valence electrons. The lowest BCUT2D eigenvalue weighted by atomic mass is 10.1. The molecule has 1 atom stereocenters. The second kappa shape index (κ2) is 7.28. The molecule has 2 nitrogen and oxygen atoms in total. The van der Waals surface area contributed by atoms with Gasteiger partial charge in [-0.25, -0.2) is 0 Å². The quantitative estimate of drug-likeness (QED) is 0.765. The van der Waals surface area contributed by atoms with Crippen LogP contribution in [-0.4, -0.2) is 49.6 Å². The first-order valence-electron chi connectivity index (χ1n) is 7.33. The van der Waals surface area contributed by atoms with Gasteiger partial charge in [0, 0.05) is 32.7 Å². The van der Waals surface area contributed by atoms with Crippen molar-refractivity contribution in [3.8, 4) is 0 Å². The molecule has 2 rings (SSSR count). The van der Waals surface area contributed by atoms with Crippen LogP contribution in [0.3, 0.4) is 0 Å². The van der Waals surface area contributed by atoms with Crippen LogP contribution < -0.4 is 0 Å². The first kappa shape index (κ1) is 14.8. The van der Waals surface area contributed by atoms with Crippen LogP contribution in [0.1, 0.15) is 29.8 Å². The average molecular weight is 281 g/mol. The van der Waals surface area contributed by atoms with Crippen LogP contribution in [-0.2, 0) is 6.42 Å². The van der Waals surface area contributed by atoms with Gasteiger partial charge in [-0.2, -0.15) is 0 Å². The Morgan fingerprint density at radius 2 is 1.74 bits per heavy atom. The van der Waals surface area contributed by atoms with Gasteiger partial charge in [0.25, 0.3) is 0 Å². The Kier molecular flexibility index (Phi) is 5.68. The minimum atomic E-state index is 0.110. The highest BCUT2D eigenvalue weighted by atomic mass is 35.5. The largest absolute Gasteiger partial charge is 0.304 e. The zero-order chi connectivity index (χ0) is 13.7. The number of hydrogen-bond donors (Lipinski definition) is 0. The van der Waals surface area contributed by atoms with Crippen LogP contribution in [0.4, 0.5) is 0 Å². The molecule has 1 aromatic rings. The highest BCUT2D eigenvalue weighted by molar-refractivity contribution is 6.21. The van der Waals surface area contributed by atoms with Gasteiger partial charge in [-0.1, -0.05) is 37.6 Å². The highest BCUT2D eigenvalue weighted by Crippen LogP contribution is 2.22. The Morgan fingerprint density at radius 1 is 1.11 bits per heavy atom. The highest BCUT2D eigenvalue weighted by Gasteiger charge is 2.17. The molecule has 0 bridgehead atoms. The molecule has 1 unspecified atom stereocenters. The maximum Gasteiger partial charge on any atom is 0.0712 e. The van der Waals surface area contributed by atoms with Crippen molar-refractivity contribution in [1.29, 1.82) is 0 Å². The number of aryl methyl sites for hydroxylation is 1. The summed E-state index contributed by atoms with van der Waals surface area (Å²) in [5, 5.41) is 0.110. The van der Waals surface area contributed by atoms with Crippen molar-refractivity contribution in [3.63, 3.8) is 0 Å². The Bertz CT molecular complexity index is 369. The summed E-state index contributed by atoms with van der Waals surface area (Å²) in [6.45, 7) is 7.74. The standard InChI is InChI=1S/C16H25ClN2/c1-3-4-14-5-7-15(8-6-14)16(17)13-19-11-9-18(2)10-12-19/h5-8,16H,3-4,9-13H2,1-2H3. The molecule has 1 aliphatic rings. The Labute approximate surface area is 122 Å². The molecule has 0 amide bonds. The maximum absolute atomic E-state index is 6.55. The number of halogens is 1. The summed E-state index contributed by atoms with van der Waals surface area (Å²) in [5.74, 6) is 0. The van der Waals surface area contributed by atoms with E-state index >= 15 is 0 Å². The first-order valence-corrected chi connectivity index (χ1v) is 7.76. The summed E-state index contributed by atoms with van der Waals surface area (Å²) in [6, 6.07) is 8.83. The third-order valence-electron chi connectivity index (χ3n) is 3.89. The fraction of sp³-hybridized carbons (Fsp3) is 0.625. The van der Waals surface area contributed by atoms with Crippen LogP contribution in [0.15, 0.2) is 24.3 Å². The molecule has 0 N–H and O–H groups in total. The smallest absolute Gasteiger partial charge is 0.0712 e. The molecule has 0 aliphatic carbocycles. The van der Waals surface area contributed by atoms with Gasteiger partial charge >= 0.3 is 0 Å². The number of alkyl halides is 1. The fourth-order valence-corrected chi connectivity index (χ4v) is 2.89. The molecular formula is C16H25ClN2. The molecule has 0 aromatic heterocycles. The molecule has 1 heterocycles. The second-order valence-corrected chi connectivity index (χ2v) is 6.09. The van der Waals surface area contributed by atoms with E-state index in [1.54, 1.807) is 0 Å². The molecule has 1 saturated heterocycles. The molecule has 19 heavy (non-hydrogen) atoms. The van der Waals surface area contributed by atoms with E-state index in [4.69, 9.17) is 11.6 Å². The zero-order valence-corrected chi connectivity index (χ0v) is 12.9. The molecule has 1 aliphatic heterocycles. The van der Waals surface area contributed by atoms with Crippen molar-refractivity contribution < 1.29 is 0 Å². The van der Waals surface area contributed by atoms with Gasteiger partial charge in [-0.3, -0.25) is 4.90 Å². The van der Waals surface area contributed by atoms with Crippen LogP contribution in [0.2, 0.25) is 0 Å². The summed E-state index contributed by atoms with van der Waals surface area (Å²) >= 11 is 6.55. The maximum atomic E-state index is 6.55. The number of rotatable bonds is 5. The van der Waals surface area contributed by atoms with Crippen molar-refractivity contribution in [2.45, 2.75) is 25.1 Å². The van der Waals surface area contributed by atoms with Crippen molar-refractivity contribution in [1.82, 2.24) is 9.80 Å². The van der Waals surface area contributed by atoms with E-state index in [2.05, 4.69) is 48.0 Å². The van der Waals surface area contributed by atoms with Crippen LogP contribution in [0.5, 0.6) is 0 Å². The van der Waals surface area contributed by atoms with Gasteiger partial charge in [0.1, 0.15) is 0 Å². The summed E-state index contributed by atoms with van der Waals surface area (Å²) in [7, 11) is 2.18. The van der Waals surface area contributed by atoms with E-state index < -0.39 is 0 Å². The number of hydrogen-bond acceptors (Lipinski definition) is 2. The SMILES string of the molecule is CCCc1ccc(C(Cl)CN2CCN(C)CC2)cc1. The van der Waals surface area contributed by atoms with Crippen molar-refractivity contribution in [2.24, 2.45) is 0 Å². The van der Waals surface area contributed by atoms with Crippen LogP contribution in [0.25, 0.3) is 0 Å². The zero-order valence-electron chi connectivity index (χ0n) is 12.1. The van der Waals surface area contributed by atoms with Gasteiger partial charge in [-0.15, -0.1) is 11.6 Å². The van der Waals surface area contributed by atoms with Gasteiger partial charge in [-0.05, 0) is 24.6 Å². The summed E-state index contributed by atoms with van der Waals surface area (Å²) in [4.78, 5) is 4.84. The minimum Gasteiger partial charge on any atom is -0.304 e. The molecular weight excluding hydrogens is 256 g/mol. The van der Waals surface area contributed by atoms with E-state index in [9.17, 15) is 0 Å². The molecule has 3 heteroatoms. The van der Waals surface area contributed by atoms with Crippen molar-refractivity contribution >= 4 is 11.6 Å². The number of piperazine rings is 1. The van der Waals surface area contributed by atoms with E-state index in [1.807, 2.05) is 0 Å². The van der Waals surface area contributed by atoms with E-state index in [0.717, 1.165) is 39.1 Å². The van der Waals surface area contributed by atoms with E-state index in [-0.39, 0.29) is 5.38 Å². The van der Waals surface area contributed by atoms with Crippen LogP contribution >= 0.6 is 11.6 Å². The molecule has 0 saturated carbocycles. The van der Waals surface area contributed by atoms with Crippen molar-refractivity contribution in [2.75, 3.05) is 39.8 Å². The number of benzene rings is 1. The van der Waals surface area contributed by atoms with Gasteiger partial charge in [0.2, 0.25) is 0 Å². The summed E-state index contributed by atoms with van der Waals surface area (Å²) < 4.78 is 0. The third kappa shape index (κ3) is 4.48. The molecule has 1 fully saturated rings. The summed E-state index contributed by atoms with van der Waals surface area (Å²) in [6.07, 6.45) is 2.36. The Hall–Kier alpha value is -0.570. The topological polar surface area (TPSA) is 6.48 Å². The van der Waals surface area contributed by atoms with Crippen LogP contribution in [0, 0.1) is 0 Å². The monoisotopic (exact) mass is 280 g/mol. The lowest BCUT2D eigenvalue weighted by Crippen LogP contribution is -2.45. The lowest BCUT2D eigenvalue weighted by Gasteiger charge is -2.33. The molecule has 0 spiro atoms. The predicted molar refractivity (Wildman–Crippen MR) is 83.0 cm³/mol. The third-order valence-corrected chi connectivity index (χ3v) is 4.28. The fourth-order valence-electron chi connectivity index (χ4n) is 2.54. The molecule has 0 radical (unpaired) electrons. The lowest BCUT2D eigenvalue weighted by molar-refractivity contribution is 0.154. The number of nitrogens with zero attached hydrogens (tertiary/aromatic N) is 2. The normalized spacial score (nSPS) is 19.5. The Balaban J connectivity index is 1.86.